The van der Waals surface area contributed by atoms with Crippen LogP contribution in [0.2, 0.25) is 0 Å². The second-order valence-electron chi connectivity index (χ2n) is 9.98. The summed E-state index contributed by atoms with van der Waals surface area (Å²) in [5.74, 6) is 0.578. The minimum absolute atomic E-state index is 0.198. The number of carbonyl (C=O) groups excluding carboxylic acids is 1. The Morgan fingerprint density at radius 3 is 2.67 bits per heavy atom. The van der Waals surface area contributed by atoms with Crippen molar-refractivity contribution in [1.82, 2.24) is 9.13 Å². The van der Waals surface area contributed by atoms with Gasteiger partial charge in [0.05, 0.1) is 42.7 Å². The molecule has 10 heteroatoms. The molecule has 212 valence electrons. The van der Waals surface area contributed by atoms with Crippen LogP contribution in [0.5, 0.6) is 11.5 Å². The number of fused-ring (bicyclic) bond motifs is 1. The number of aryl methyl sites for hydroxylation is 1. The highest BCUT2D eigenvalue weighted by molar-refractivity contribution is 7.07. The molecule has 0 N–H and O–H groups in total. The molecule has 0 spiro atoms. The highest BCUT2D eigenvalue weighted by Gasteiger charge is 2.35. The van der Waals surface area contributed by atoms with Gasteiger partial charge in [-0.2, -0.15) is 0 Å². The molecule has 2 aromatic heterocycles. The van der Waals surface area contributed by atoms with Gasteiger partial charge in [0.15, 0.2) is 4.80 Å². The van der Waals surface area contributed by atoms with E-state index in [1.807, 2.05) is 6.08 Å². The summed E-state index contributed by atoms with van der Waals surface area (Å²) in [6.45, 7) is 9.46. The van der Waals surface area contributed by atoms with Crippen LogP contribution in [0, 0.1) is 13.8 Å². The van der Waals surface area contributed by atoms with E-state index in [1.165, 1.54) is 11.3 Å². The minimum Gasteiger partial charge on any atom is -0.497 e. The minimum atomic E-state index is -0.797. The number of hydrogen-bond donors (Lipinski definition) is 0. The van der Waals surface area contributed by atoms with E-state index in [-0.39, 0.29) is 18.3 Å². The lowest BCUT2D eigenvalue weighted by molar-refractivity contribution is -0.139. The van der Waals surface area contributed by atoms with Gasteiger partial charge in [-0.15, -0.1) is 0 Å². The smallest absolute Gasteiger partial charge is 0.338 e. The summed E-state index contributed by atoms with van der Waals surface area (Å²) in [5.41, 5.74) is 4.33. The van der Waals surface area contributed by atoms with Gasteiger partial charge in [0.2, 0.25) is 0 Å². The fourth-order valence-electron chi connectivity index (χ4n) is 5.53. The van der Waals surface area contributed by atoms with Crippen LogP contribution in [-0.2, 0) is 20.8 Å². The predicted molar refractivity (Wildman–Crippen MR) is 153 cm³/mol. The number of nitrogens with zero attached hydrogens (tertiary/aromatic N) is 3. The van der Waals surface area contributed by atoms with Gasteiger partial charge in [-0.1, -0.05) is 11.3 Å². The predicted octanol–water partition coefficient (Wildman–Crippen LogP) is 3.41. The molecule has 4 heterocycles. The molecule has 1 fully saturated rings. The van der Waals surface area contributed by atoms with E-state index < -0.39 is 12.0 Å². The maximum Gasteiger partial charge on any atom is 0.338 e. The van der Waals surface area contributed by atoms with E-state index in [4.69, 9.17) is 18.9 Å². The van der Waals surface area contributed by atoms with Gasteiger partial charge in [-0.3, -0.25) is 9.36 Å². The summed E-state index contributed by atoms with van der Waals surface area (Å²) in [5, 5.41) is 0. The fraction of sp³-hybridized carbons (Fsp3) is 0.433. The normalized spacial score (nSPS) is 19.0. The summed E-state index contributed by atoms with van der Waals surface area (Å²) in [7, 11) is 3.13. The van der Waals surface area contributed by atoms with E-state index >= 15 is 0 Å². The van der Waals surface area contributed by atoms with Crippen LogP contribution in [0.3, 0.4) is 0 Å². The zero-order valence-corrected chi connectivity index (χ0v) is 24.6. The van der Waals surface area contributed by atoms with Gasteiger partial charge in [-0.25, -0.2) is 9.79 Å². The molecule has 1 aromatic carbocycles. The Labute approximate surface area is 237 Å². The van der Waals surface area contributed by atoms with Gasteiger partial charge in [0, 0.05) is 30.1 Å². The standard InChI is InChI=1S/C30H35N3O6S/c1-7-38-29(35)26-18(3)31-30-33(27(26)23-15-21(36-5)10-11-24(23)37-6)28(34)25(40-30)14-20-13-17(2)32(19(20)4)16-22-9-8-12-39-22/h10-11,13-15,22,27H,7-9,12,16H2,1-6H3/b25-14-/t22-,27+/m1/s1. The zero-order valence-electron chi connectivity index (χ0n) is 23.8. The first-order valence-corrected chi connectivity index (χ1v) is 14.3. The van der Waals surface area contributed by atoms with Crippen LogP contribution in [0.4, 0.5) is 0 Å². The van der Waals surface area contributed by atoms with Gasteiger partial charge in [-0.05, 0) is 76.4 Å². The summed E-state index contributed by atoms with van der Waals surface area (Å²) in [6.07, 6.45) is 4.28. The lowest BCUT2D eigenvalue weighted by Crippen LogP contribution is -2.40. The van der Waals surface area contributed by atoms with E-state index in [1.54, 1.807) is 50.8 Å². The number of thiazole rings is 1. The fourth-order valence-corrected chi connectivity index (χ4v) is 6.56. The molecule has 1 saturated heterocycles. The third-order valence-corrected chi connectivity index (χ3v) is 8.54. The quantitative estimate of drug-likeness (QED) is 0.389. The third kappa shape index (κ3) is 5.01. The number of allylic oxidation sites excluding steroid dienone is 1. The van der Waals surface area contributed by atoms with Crippen molar-refractivity contribution in [2.45, 2.75) is 59.2 Å². The SMILES string of the molecule is CCOC(=O)C1=C(C)N=c2s/c(=C\c3cc(C)n(C[C@H]4CCCO4)c3C)c(=O)n2[C@H]1c1cc(OC)ccc1OC. The molecule has 0 saturated carbocycles. The van der Waals surface area contributed by atoms with Crippen molar-refractivity contribution >= 4 is 23.4 Å². The molecule has 2 aliphatic heterocycles. The van der Waals surface area contributed by atoms with E-state index in [2.05, 4.69) is 29.5 Å². The molecular weight excluding hydrogens is 530 g/mol. The molecule has 5 rings (SSSR count). The van der Waals surface area contributed by atoms with Gasteiger partial charge < -0.3 is 23.5 Å². The average Bonchev–Trinajstić information content (AvgIpc) is 3.63. The molecule has 2 atom stereocenters. The number of carbonyl (C=O) groups is 1. The summed E-state index contributed by atoms with van der Waals surface area (Å²) >= 11 is 1.30. The van der Waals surface area contributed by atoms with E-state index in [0.717, 1.165) is 42.9 Å². The maximum atomic E-state index is 14.1. The molecular formula is C30H35N3O6S. The Hall–Kier alpha value is -3.63. The lowest BCUT2D eigenvalue weighted by atomic mass is 9.94. The summed E-state index contributed by atoms with van der Waals surface area (Å²) in [6, 6.07) is 6.64. The van der Waals surface area contributed by atoms with Crippen molar-refractivity contribution in [2.24, 2.45) is 4.99 Å². The van der Waals surface area contributed by atoms with Gasteiger partial charge in [0.1, 0.15) is 17.5 Å². The number of aromatic nitrogens is 2. The largest absolute Gasteiger partial charge is 0.497 e. The van der Waals surface area contributed by atoms with Crippen molar-refractivity contribution in [3.8, 4) is 11.5 Å². The van der Waals surface area contributed by atoms with Crippen LogP contribution < -0.4 is 24.4 Å². The molecule has 40 heavy (non-hydrogen) atoms. The topological polar surface area (TPSA) is 93.3 Å². The van der Waals surface area contributed by atoms with Crippen LogP contribution in [0.25, 0.3) is 6.08 Å². The highest BCUT2D eigenvalue weighted by Crippen LogP contribution is 2.37. The first kappa shape index (κ1) is 27.9. The van der Waals surface area contributed by atoms with Gasteiger partial charge >= 0.3 is 5.97 Å². The number of esters is 1. The average molecular weight is 566 g/mol. The molecule has 3 aromatic rings. The Kier molecular flexibility index (Phi) is 8.00. The Morgan fingerprint density at radius 2 is 2.00 bits per heavy atom. The first-order valence-electron chi connectivity index (χ1n) is 13.5. The van der Waals surface area contributed by atoms with Crippen LogP contribution in [0.1, 0.15) is 55.2 Å². The van der Waals surface area contributed by atoms with Gasteiger partial charge in [0.25, 0.3) is 5.56 Å². The Bertz CT molecular complexity index is 1660. The van der Waals surface area contributed by atoms with E-state index in [9.17, 15) is 9.59 Å². The summed E-state index contributed by atoms with van der Waals surface area (Å²) in [4.78, 5) is 32.5. The van der Waals surface area contributed by atoms with Crippen molar-refractivity contribution in [3.05, 3.63) is 77.7 Å². The van der Waals surface area contributed by atoms with Crippen molar-refractivity contribution in [2.75, 3.05) is 27.4 Å². The van der Waals surface area contributed by atoms with Crippen LogP contribution >= 0.6 is 11.3 Å². The molecule has 0 amide bonds. The van der Waals surface area contributed by atoms with E-state index in [0.29, 0.717) is 37.7 Å². The summed E-state index contributed by atoms with van der Waals surface area (Å²) < 4.78 is 26.8. The number of rotatable bonds is 8. The molecule has 0 bridgehead atoms. The third-order valence-electron chi connectivity index (χ3n) is 7.56. The lowest BCUT2D eigenvalue weighted by Gasteiger charge is -2.26. The number of ether oxygens (including phenoxy) is 4. The number of benzene rings is 1. The number of methoxy groups -OCH3 is 2. The van der Waals surface area contributed by atoms with Crippen LogP contribution in [0.15, 0.2) is 45.3 Å². The highest BCUT2D eigenvalue weighted by atomic mass is 32.1. The monoisotopic (exact) mass is 565 g/mol. The first-order chi connectivity index (χ1) is 19.3. The van der Waals surface area contributed by atoms with Crippen molar-refractivity contribution in [1.29, 1.82) is 0 Å². The molecule has 0 unspecified atom stereocenters. The molecule has 9 nitrogen and oxygen atoms in total. The van der Waals surface area contributed by atoms with Crippen LogP contribution in [-0.4, -0.2) is 48.6 Å². The Morgan fingerprint density at radius 1 is 1.20 bits per heavy atom. The second-order valence-corrected chi connectivity index (χ2v) is 11.0. The molecule has 0 radical (unpaired) electrons. The maximum absolute atomic E-state index is 14.1. The Balaban J connectivity index is 1.68. The second kappa shape index (κ2) is 11.5. The number of hydrogen-bond acceptors (Lipinski definition) is 8. The van der Waals surface area contributed by atoms with Crippen molar-refractivity contribution in [3.63, 3.8) is 0 Å². The van der Waals surface area contributed by atoms with Crippen molar-refractivity contribution < 1.29 is 23.7 Å². The zero-order chi connectivity index (χ0) is 28.6. The molecule has 2 aliphatic rings. The molecule has 0 aliphatic carbocycles.